The van der Waals surface area contributed by atoms with Crippen molar-refractivity contribution in [2.75, 3.05) is 0 Å². The van der Waals surface area contributed by atoms with Gasteiger partial charge in [-0.05, 0) is 38.5 Å². The molecule has 0 aromatic rings. The maximum atomic E-state index is 11.8. The molecule has 3 heteroatoms. The van der Waals surface area contributed by atoms with Crippen molar-refractivity contribution in [1.82, 2.24) is 5.43 Å². The summed E-state index contributed by atoms with van der Waals surface area (Å²) in [4.78, 5) is 11.8. The minimum absolute atomic E-state index is 0.147. The van der Waals surface area contributed by atoms with E-state index in [1.54, 1.807) is 0 Å². The Labute approximate surface area is 97.7 Å². The molecule has 3 nitrogen and oxygen atoms in total. The topological polar surface area (TPSA) is 41.5 Å². The highest BCUT2D eigenvalue weighted by Crippen LogP contribution is 2.24. The van der Waals surface area contributed by atoms with E-state index < -0.39 is 0 Å². The van der Waals surface area contributed by atoms with Crippen LogP contribution in [-0.4, -0.2) is 11.6 Å². The fourth-order valence-corrected chi connectivity index (χ4v) is 2.66. The highest BCUT2D eigenvalue weighted by atomic mass is 16.2. The second kappa shape index (κ2) is 6.02. The van der Waals surface area contributed by atoms with Gasteiger partial charge in [-0.3, -0.25) is 4.79 Å². The van der Waals surface area contributed by atoms with Crippen molar-refractivity contribution in [1.29, 1.82) is 0 Å². The fourth-order valence-electron chi connectivity index (χ4n) is 2.66. The van der Waals surface area contributed by atoms with E-state index in [1.807, 2.05) is 0 Å². The minimum atomic E-state index is 0.147. The first kappa shape index (κ1) is 11.6. The Morgan fingerprint density at radius 2 is 1.62 bits per heavy atom. The molecule has 0 aliphatic heterocycles. The van der Waals surface area contributed by atoms with Crippen molar-refractivity contribution in [3.63, 3.8) is 0 Å². The second-order valence-corrected chi connectivity index (χ2v) is 5.05. The normalized spacial score (nSPS) is 22.9. The van der Waals surface area contributed by atoms with Crippen LogP contribution < -0.4 is 5.43 Å². The van der Waals surface area contributed by atoms with Gasteiger partial charge >= 0.3 is 0 Å². The Morgan fingerprint density at radius 1 is 1.00 bits per heavy atom. The Morgan fingerprint density at radius 3 is 2.25 bits per heavy atom. The molecule has 0 bridgehead atoms. The van der Waals surface area contributed by atoms with E-state index in [0.29, 0.717) is 0 Å². The predicted molar refractivity (Wildman–Crippen MR) is 65.2 cm³/mol. The Bertz CT molecular complexity index is 257. The van der Waals surface area contributed by atoms with E-state index in [-0.39, 0.29) is 11.8 Å². The van der Waals surface area contributed by atoms with Gasteiger partial charge in [0.25, 0.3) is 0 Å². The summed E-state index contributed by atoms with van der Waals surface area (Å²) in [5, 5.41) is 4.30. The van der Waals surface area contributed by atoms with Crippen LogP contribution in [0.2, 0.25) is 0 Å². The third kappa shape index (κ3) is 3.32. The molecule has 0 saturated heterocycles. The highest BCUT2D eigenvalue weighted by molar-refractivity contribution is 5.87. The van der Waals surface area contributed by atoms with Crippen LogP contribution in [0.15, 0.2) is 5.10 Å². The number of carbonyl (C=O) groups excluding carboxylic acids is 1. The van der Waals surface area contributed by atoms with Gasteiger partial charge in [0.2, 0.25) is 5.91 Å². The molecule has 0 heterocycles. The summed E-state index contributed by atoms with van der Waals surface area (Å²) in [7, 11) is 0. The van der Waals surface area contributed by atoms with Gasteiger partial charge in [-0.25, -0.2) is 5.43 Å². The van der Waals surface area contributed by atoms with Gasteiger partial charge in [-0.2, -0.15) is 5.10 Å². The standard InChI is InChI=1S/C13H22N2O/c16-13(11-7-5-6-8-11)15-14-12-9-3-1-2-4-10-12/h11H,1-10H2,(H,15,16). The van der Waals surface area contributed by atoms with Crippen molar-refractivity contribution in [2.45, 2.75) is 64.2 Å². The van der Waals surface area contributed by atoms with Crippen LogP contribution in [0.25, 0.3) is 0 Å². The maximum Gasteiger partial charge on any atom is 0.243 e. The zero-order chi connectivity index (χ0) is 11.2. The fraction of sp³-hybridized carbons (Fsp3) is 0.846. The monoisotopic (exact) mass is 222 g/mol. The second-order valence-electron chi connectivity index (χ2n) is 5.05. The van der Waals surface area contributed by atoms with Gasteiger partial charge in [-0.15, -0.1) is 0 Å². The Kier molecular flexibility index (Phi) is 4.37. The average molecular weight is 222 g/mol. The first-order valence-electron chi connectivity index (χ1n) is 6.71. The third-order valence-electron chi connectivity index (χ3n) is 3.73. The number of hydrazone groups is 1. The molecule has 2 fully saturated rings. The number of rotatable bonds is 2. The predicted octanol–water partition coefficient (Wildman–Crippen LogP) is 3.00. The van der Waals surface area contributed by atoms with Crippen molar-refractivity contribution in [3.8, 4) is 0 Å². The third-order valence-corrected chi connectivity index (χ3v) is 3.73. The van der Waals surface area contributed by atoms with E-state index in [1.165, 1.54) is 44.2 Å². The first-order chi connectivity index (χ1) is 7.86. The molecule has 0 spiro atoms. The summed E-state index contributed by atoms with van der Waals surface area (Å²) < 4.78 is 0. The molecule has 90 valence electrons. The molecule has 2 aliphatic carbocycles. The van der Waals surface area contributed by atoms with Gasteiger partial charge in [-0.1, -0.05) is 25.7 Å². The smallest absolute Gasteiger partial charge is 0.243 e. The summed E-state index contributed by atoms with van der Waals surface area (Å²) in [5.41, 5.74) is 3.97. The molecule has 2 aliphatic rings. The van der Waals surface area contributed by atoms with Crippen molar-refractivity contribution >= 4 is 11.6 Å². The molecule has 1 N–H and O–H groups in total. The summed E-state index contributed by atoms with van der Waals surface area (Å²) in [6.07, 6.45) is 11.8. The maximum absolute atomic E-state index is 11.8. The van der Waals surface area contributed by atoms with Crippen LogP contribution in [0.4, 0.5) is 0 Å². The van der Waals surface area contributed by atoms with Crippen LogP contribution in [0, 0.1) is 5.92 Å². The zero-order valence-electron chi connectivity index (χ0n) is 10.0. The van der Waals surface area contributed by atoms with E-state index >= 15 is 0 Å². The van der Waals surface area contributed by atoms with Gasteiger partial charge in [0, 0.05) is 11.6 Å². The first-order valence-corrected chi connectivity index (χ1v) is 6.71. The van der Waals surface area contributed by atoms with Gasteiger partial charge in [0.05, 0.1) is 0 Å². The summed E-state index contributed by atoms with van der Waals surface area (Å²) in [6.45, 7) is 0. The van der Waals surface area contributed by atoms with Gasteiger partial charge in [0.15, 0.2) is 0 Å². The number of hydrogen-bond donors (Lipinski definition) is 1. The van der Waals surface area contributed by atoms with E-state index in [2.05, 4.69) is 10.5 Å². The lowest BCUT2D eigenvalue weighted by Gasteiger charge is -2.08. The largest absolute Gasteiger partial charge is 0.273 e. The van der Waals surface area contributed by atoms with Crippen molar-refractivity contribution in [2.24, 2.45) is 11.0 Å². The Balaban J connectivity index is 1.79. The quantitative estimate of drug-likeness (QED) is 0.566. The number of nitrogens with zero attached hydrogens (tertiary/aromatic N) is 1. The lowest BCUT2D eigenvalue weighted by atomic mass is 10.1. The minimum Gasteiger partial charge on any atom is -0.273 e. The van der Waals surface area contributed by atoms with E-state index in [0.717, 1.165) is 25.7 Å². The Hall–Kier alpha value is -0.860. The van der Waals surface area contributed by atoms with Crippen LogP contribution in [-0.2, 0) is 4.79 Å². The highest BCUT2D eigenvalue weighted by Gasteiger charge is 2.22. The summed E-state index contributed by atoms with van der Waals surface area (Å²) >= 11 is 0. The lowest BCUT2D eigenvalue weighted by molar-refractivity contribution is -0.124. The zero-order valence-corrected chi connectivity index (χ0v) is 10.0. The summed E-state index contributed by atoms with van der Waals surface area (Å²) in [5.74, 6) is 0.379. The molecule has 1 amide bonds. The molecule has 16 heavy (non-hydrogen) atoms. The molecule has 0 radical (unpaired) electrons. The van der Waals surface area contributed by atoms with Crippen molar-refractivity contribution in [3.05, 3.63) is 0 Å². The van der Waals surface area contributed by atoms with Gasteiger partial charge in [0.1, 0.15) is 0 Å². The van der Waals surface area contributed by atoms with Crippen molar-refractivity contribution < 1.29 is 4.79 Å². The molecule has 2 rings (SSSR count). The van der Waals surface area contributed by atoms with E-state index in [4.69, 9.17) is 0 Å². The molecular weight excluding hydrogens is 200 g/mol. The average Bonchev–Trinajstić information content (AvgIpc) is 2.71. The molecule has 0 aromatic carbocycles. The summed E-state index contributed by atoms with van der Waals surface area (Å²) in [6, 6.07) is 0. The van der Waals surface area contributed by atoms with Crippen LogP contribution in [0.5, 0.6) is 0 Å². The van der Waals surface area contributed by atoms with Crippen LogP contribution in [0.1, 0.15) is 64.2 Å². The number of nitrogens with one attached hydrogen (secondary N) is 1. The molecular formula is C13H22N2O. The van der Waals surface area contributed by atoms with Crippen LogP contribution in [0.3, 0.4) is 0 Å². The molecule has 0 aromatic heterocycles. The van der Waals surface area contributed by atoms with E-state index in [9.17, 15) is 4.79 Å². The number of amides is 1. The lowest BCUT2D eigenvalue weighted by Crippen LogP contribution is -2.26. The molecule has 2 saturated carbocycles. The van der Waals surface area contributed by atoms with Gasteiger partial charge < -0.3 is 0 Å². The van der Waals surface area contributed by atoms with Crippen LogP contribution >= 0.6 is 0 Å². The molecule has 0 unspecified atom stereocenters. The number of carbonyl (C=O) groups is 1. The SMILES string of the molecule is O=C(NN=C1CCCCCC1)C1CCCC1. The number of hydrogen-bond acceptors (Lipinski definition) is 2. The molecule has 0 atom stereocenters.